The van der Waals surface area contributed by atoms with Crippen LogP contribution in [0.15, 0.2) is 0 Å². The van der Waals surface area contributed by atoms with Crippen LogP contribution >= 0.6 is 0 Å². The van der Waals surface area contributed by atoms with E-state index in [0.29, 0.717) is 17.9 Å². The average Bonchev–Trinajstić information content (AvgIpc) is 2.47. The monoisotopic (exact) mass is 267 g/mol. The summed E-state index contributed by atoms with van der Waals surface area (Å²) >= 11 is 0. The standard InChI is InChI=1S/C15H29N3O/c1-3-13(2)17-8-10-18(11-9-17)15(19)12-14-4-6-16-7-5-14/h13-14,16H,3-12H2,1-2H3. The van der Waals surface area contributed by atoms with E-state index >= 15 is 0 Å². The van der Waals surface area contributed by atoms with E-state index in [9.17, 15) is 4.79 Å². The molecule has 0 aromatic rings. The largest absolute Gasteiger partial charge is 0.340 e. The molecule has 0 bridgehead atoms. The van der Waals surface area contributed by atoms with Gasteiger partial charge in [0, 0.05) is 38.6 Å². The zero-order valence-electron chi connectivity index (χ0n) is 12.5. The third-order valence-corrected chi connectivity index (χ3v) is 4.80. The molecule has 19 heavy (non-hydrogen) atoms. The Hall–Kier alpha value is -0.610. The molecule has 0 aromatic carbocycles. The molecular weight excluding hydrogens is 238 g/mol. The number of carbonyl (C=O) groups is 1. The van der Waals surface area contributed by atoms with Crippen molar-refractivity contribution in [3.63, 3.8) is 0 Å². The lowest BCUT2D eigenvalue weighted by atomic mass is 9.94. The van der Waals surface area contributed by atoms with Gasteiger partial charge in [0.05, 0.1) is 0 Å². The molecule has 0 spiro atoms. The minimum Gasteiger partial charge on any atom is -0.340 e. The van der Waals surface area contributed by atoms with Crippen molar-refractivity contribution in [3.8, 4) is 0 Å². The van der Waals surface area contributed by atoms with Crippen LogP contribution in [0.4, 0.5) is 0 Å². The summed E-state index contributed by atoms with van der Waals surface area (Å²) in [7, 11) is 0. The van der Waals surface area contributed by atoms with Gasteiger partial charge in [0.15, 0.2) is 0 Å². The van der Waals surface area contributed by atoms with Crippen LogP contribution in [0.5, 0.6) is 0 Å². The lowest BCUT2D eigenvalue weighted by Crippen LogP contribution is -2.51. The van der Waals surface area contributed by atoms with Gasteiger partial charge in [-0.05, 0) is 45.2 Å². The lowest BCUT2D eigenvalue weighted by molar-refractivity contribution is -0.134. The van der Waals surface area contributed by atoms with E-state index in [2.05, 4.69) is 29.0 Å². The Morgan fingerprint density at radius 1 is 1.21 bits per heavy atom. The molecule has 4 nitrogen and oxygen atoms in total. The fourth-order valence-corrected chi connectivity index (χ4v) is 3.13. The number of piperidine rings is 1. The fourth-order valence-electron chi connectivity index (χ4n) is 3.13. The second kappa shape index (κ2) is 7.25. The minimum atomic E-state index is 0.385. The molecule has 0 saturated carbocycles. The number of carbonyl (C=O) groups excluding carboxylic acids is 1. The van der Waals surface area contributed by atoms with Crippen LogP contribution in [-0.2, 0) is 4.79 Å². The van der Waals surface area contributed by atoms with Gasteiger partial charge in [-0.3, -0.25) is 9.69 Å². The van der Waals surface area contributed by atoms with Crippen molar-refractivity contribution in [2.75, 3.05) is 39.3 Å². The Bertz CT molecular complexity index is 281. The summed E-state index contributed by atoms with van der Waals surface area (Å²) in [6.45, 7) is 10.6. The Kier molecular flexibility index (Phi) is 5.64. The maximum atomic E-state index is 12.3. The van der Waals surface area contributed by atoms with Gasteiger partial charge in [-0.25, -0.2) is 0 Å². The number of nitrogens with zero attached hydrogens (tertiary/aromatic N) is 2. The van der Waals surface area contributed by atoms with E-state index in [-0.39, 0.29) is 0 Å². The van der Waals surface area contributed by atoms with Crippen molar-refractivity contribution in [1.82, 2.24) is 15.1 Å². The molecule has 1 amide bonds. The van der Waals surface area contributed by atoms with E-state index in [0.717, 1.165) is 45.7 Å². The summed E-state index contributed by atoms with van der Waals surface area (Å²) in [6.07, 6.45) is 4.30. The van der Waals surface area contributed by atoms with Crippen molar-refractivity contribution in [1.29, 1.82) is 0 Å². The van der Waals surface area contributed by atoms with Crippen molar-refractivity contribution in [2.24, 2.45) is 5.92 Å². The highest BCUT2D eigenvalue weighted by Crippen LogP contribution is 2.18. The Morgan fingerprint density at radius 3 is 2.42 bits per heavy atom. The van der Waals surface area contributed by atoms with Gasteiger partial charge in [0.1, 0.15) is 0 Å². The van der Waals surface area contributed by atoms with E-state index in [4.69, 9.17) is 0 Å². The lowest BCUT2D eigenvalue weighted by Gasteiger charge is -2.38. The highest BCUT2D eigenvalue weighted by molar-refractivity contribution is 5.76. The molecule has 110 valence electrons. The number of rotatable bonds is 4. The quantitative estimate of drug-likeness (QED) is 0.834. The second-order valence-corrected chi connectivity index (χ2v) is 6.07. The van der Waals surface area contributed by atoms with Crippen LogP contribution < -0.4 is 5.32 Å². The second-order valence-electron chi connectivity index (χ2n) is 6.07. The first-order valence-electron chi connectivity index (χ1n) is 7.93. The van der Waals surface area contributed by atoms with Crippen molar-refractivity contribution < 1.29 is 4.79 Å². The molecule has 1 unspecified atom stereocenters. The van der Waals surface area contributed by atoms with Crippen LogP contribution in [0.2, 0.25) is 0 Å². The molecule has 2 fully saturated rings. The molecule has 2 rings (SSSR count). The van der Waals surface area contributed by atoms with Crippen LogP contribution in [-0.4, -0.2) is 61.0 Å². The first-order chi connectivity index (χ1) is 9.20. The third-order valence-electron chi connectivity index (χ3n) is 4.80. The predicted molar refractivity (Wildman–Crippen MR) is 78.1 cm³/mol. The molecule has 4 heteroatoms. The summed E-state index contributed by atoms with van der Waals surface area (Å²) in [4.78, 5) is 16.9. The van der Waals surface area contributed by atoms with Gasteiger partial charge in [0.25, 0.3) is 0 Å². The van der Waals surface area contributed by atoms with Crippen LogP contribution in [0.25, 0.3) is 0 Å². The van der Waals surface area contributed by atoms with Crippen LogP contribution in [0.3, 0.4) is 0 Å². The number of nitrogens with one attached hydrogen (secondary N) is 1. The summed E-state index contributed by atoms with van der Waals surface area (Å²) in [6, 6.07) is 0.654. The highest BCUT2D eigenvalue weighted by atomic mass is 16.2. The normalized spacial score (nSPS) is 24.4. The van der Waals surface area contributed by atoms with E-state index in [1.165, 1.54) is 19.3 Å². The number of piperazine rings is 1. The molecule has 2 heterocycles. The molecule has 2 aliphatic heterocycles. The first-order valence-corrected chi connectivity index (χ1v) is 7.93. The molecule has 2 saturated heterocycles. The molecule has 0 aliphatic carbocycles. The van der Waals surface area contributed by atoms with E-state index in [1.807, 2.05) is 0 Å². The Balaban J connectivity index is 1.72. The summed E-state index contributed by atoms with van der Waals surface area (Å²) in [5.41, 5.74) is 0. The molecule has 1 N–H and O–H groups in total. The Morgan fingerprint density at radius 2 is 1.84 bits per heavy atom. The summed E-state index contributed by atoms with van der Waals surface area (Å²) < 4.78 is 0. The number of amides is 1. The molecule has 0 radical (unpaired) electrons. The summed E-state index contributed by atoms with van der Waals surface area (Å²) in [5.74, 6) is 0.997. The zero-order valence-corrected chi connectivity index (χ0v) is 12.5. The molecule has 1 atom stereocenters. The van der Waals surface area contributed by atoms with Gasteiger partial charge in [-0.15, -0.1) is 0 Å². The SMILES string of the molecule is CCC(C)N1CCN(C(=O)CC2CCNCC2)CC1. The van der Waals surface area contributed by atoms with Crippen molar-refractivity contribution in [3.05, 3.63) is 0 Å². The first kappa shape index (κ1) is 14.8. The Labute approximate surface area is 117 Å². The number of hydrogen-bond donors (Lipinski definition) is 1. The van der Waals surface area contributed by atoms with Gasteiger partial charge in [0.2, 0.25) is 5.91 Å². The third kappa shape index (κ3) is 4.18. The smallest absolute Gasteiger partial charge is 0.222 e. The molecule has 2 aliphatic rings. The zero-order chi connectivity index (χ0) is 13.7. The topological polar surface area (TPSA) is 35.6 Å². The van der Waals surface area contributed by atoms with E-state index in [1.54, 1.807) is 0 Å². The predicted octanol–water partition coefficient (Wildman–Crippen LogP) is 1.32. The van der Waals surface area contributed by atoms with Gasteiger partial charge >= 0.3 is 0 Å². The van der Waals surface area contributed by atoms with Crippen molar-refractivity contribution in [2.45, 2.75) is 45.6 Å². The van der Waals surface area contributed by atoms with E-state index < -0.39 is 0 Å². The summed E-state index contributed by atoms with van der Waals surface area (Å²) in [5, 5.41) is 3.36. The number of hydrogen-bond acceptors (Lipinski definition) is 3. The molecule has 0 aromatic heterocycles. The fraction of sp³-hybridized carbons (Fsp3) is 0.933. The van der Waals surface area contributed by atoms with Crippen LogP contribution in [0, 0.1) is 5.92 Å². The van der Waals surface area contributed by atoms with Crippen LogP contribution in [0.1, 0.15) is 39.5 Å². The van der Waals surface area contributed by atoms with Gasteiger partial charge < -0.3 is 10.2 Å². The maximum absolute atomic E-state index is 12.3. The van der Waals surface area contributed by atoms with Crippen molar-refractivity contribution >= 4 is 5.91 Å². The molecular formula is C15H29N3O. The average molecular weight is 267 g/mol. The minimum absolute atomic E-state index is 0.385. The van der Waals surface area contributed by atoms with Gasteiger partial charge in [-0.1, -0.05) is 6.92 Å². The maximum Gasteiger partial charge on any atom is 0.222 e. The van der Waals surface area contributed by atoms with Gasteiger partial charge in [-0.2, -0.15) is 0 Å². The highest BCUT2D eigenvalue weighted by Gasteiger charge is 2.25.